The van der Waals surface area contributed by atoms with Crippen LogP contribution < -0.4 is 16.0 Å². The molecule has 3 atom stereocenters. The van der Waals surface area contributed by atoms with E-state index in [0.29, 0.717) is 16.9 Å². The average Bonchev–Trinajstić information content (AvgIpc) is 3.36. The summed E-state index contributed by atoms with van der Waals surface area (Å²) in [5, 5.41) is 18.0. The summed E-state index contributed by atoms with van der Waals surface area (Å²) in [6, 6.07) is 6.54. The summed E-state index contributed by atoms with van der Waals surface area (Å²) in [4.78, 5) is 55.4. The maximum Gasteiger partial charge on any atom is 0.326 e. The quantitative estimate of drug-likeness (QED) is 0.465. The van der Waals surface area contributed by atoms with Crippen LogP contribution >= 0.6 is 0 Å². The third-order valence-corrected chi connectivity index (χ3v) is 6.75. The van der Waals surface area contributed by atoms with Crippen molar-refractivity contribution < 1.29 is 24.3 Å². The van der Waals surface area contributed by atoms with Crippen LogP contribution in [0.1, 0.15) is 47.3 Å². The molecule has 4 N–H and O–H groups in total. The van der Waals surface area contributed by atoms with E-state index >= 15 is 0 Å². The van der Waals surface area contributed by atoms with E-state index in [9.17, 15) is 24.3 Å². The number of imide groups is 1. The minimum Gasteiger partial charge on any atom is -0.480 e. The third-order valence-electron chi connectivity index (χ3n) is 6.75. The molecule has 4 amide bonds. The number of carboxylic acids is 1. The van der Waals surface area contributed by atoms with Crippen molar-refractivity contribution in [3.05, 3.63) is 58.8 Å². The van der Waals surface area contributed by atoms with Gasteiger partial charge in [-0.2, -0.15) is 0 Å². The monoisotopic (exact) mass is 479 g/mol. The molecular formula is C25H29N5O5. The van der Waals surface area contributed by atoms with Gasteiger partial charge in [0, 0.05) is 30.8 Å². The molecule has 1 aromatic carbocycles. The molecule has 10 nitrogen and oxygen atoms in total. The van der Waals surface area contributed by atoms with Crippen LogP contribution in [-0.4, -0.2) is 57.4 Å². The summed E-state index contributed by atoms with van der Waals surface area (Å²) >= 11 is 0. The number of carbonyl (C=O) groups is 4. The molecule has 35 heavy (non-hydrogen) atoms. The average molecular weight is 480 g/mol. The number of anilines is 1. The van der Waals surface area contributed by atoms with Gasteiger partial charge in [-0.15, -0.1) is 0 Å². The van der Waals surface area contributed by atoms with Gasteiger partial charge < -0.3 is 20.6 Å². The van der Waals surface area contributed by atoms with Crippen LogP contribution in [0.4, 0.5) is 10.6 Å². The first-order chi connectivity index (χ1) is 16.5. The predicted octanol–water partition coefficient (Wildman–Crippen LogP) is 2.17. The fourth-order valence-electron chi connectivity index (χ4n) is 4.91. The van der Waals surface area contributed by atoms with E-state index in [1.165, 1.54) is 4.90 Å². The van der Waals surface area contributed by atoms with E-state index in [1.807, 2.05) is 33.8 Å². The summed E-state index contributed by atoms with van der Waals surface area (Å²) in [5.74, 6) is -1.51. The van der Waals surface area contributed by atoms with Gasteiger partial charge in [-0.05, 0) is 48.6 Å². The summed E-state index contributed by atoms with van der Waals surface area (Å²) in [6.45, 7) is 7.73. The third kappa shape index (κ3) is 4.31. The lowest BCUT2D eigenvalue weighted by molar-refractivity contribution is -0.141. The lowest BCUT2D eigenvalue weighted by Crippen LogP contribution is -2.48. The first-order valence-electron chi connectivity index (χ1n) is 11.5. The largest absolute Gasteiger partial charge is 0.480 e. The number of carbonyl (C=O) groups excluding carboxylic acids is 3. The van der Waals surface area contributed by atoms with Crippen molar-refractivity contribution in [2.45, 2.75) is 51.7 Å². The molecule has 2 fully saturated rings. The topological polar surface area (TPSA) is 141 Å². The van der Waals surface area contributed by atoms with Gasteiger partial charge >= 0.3 is 12.0 Å². The number of nitrogens with one attached hydrogen (secondary N) is 3. The van der Waals surface area contributed by atoms with Crippen LogP contribution in [0.5, 0.6) is 0 Å². The molecule has 0 saturated carbocycles. The number of aliphatic carboxylic acids is 1. The van der Waals surface area contributed by atoms with E-state index in [-0.39, 0.29) is 24.9 Å². The SMILES string of the molecule is Cc1cnc(N[C@H]2C[C@@H](C(=O)O)N(C(=O)c3ccc([C@@]4(C(C)C)NC(=O)NC4=O)cc3)C2)c(C)c1. The Labute approximate surface area is 203 Å². The first kappa shape index (κ1) is 24.2. The van der Waals surface area contributed by atoms with Gasteiger partial charge in [0.05, 0.1) is 0 Å². The fraction of sp³-hybridized carbons (Fsp3) is 0.400. The number of amides is 4. The van der Waals surface area contributed by atoms with Gasteiger partial charge in [0.1, 0.15) is 17.4 Å². The van der Waals surface area contributed by atoms with Crippen molar-refractivity contribution >= 4 is 29.6 Å². The Morgan fingerprint density at radius 2 is 1.89 bits per heavy atom. The Bertz CT molecular complexity index is 1200. The molecule has 0 aliphatic carbocycles. The van der Waals surface area contributed by atoms with E-state index in [1.54, 1.807) is 30.5 Å². The number of hydrogen-bond acceptors (Lipinski definition) is 6. The molecule has 0 spiro atoms. The highest BCUT2D eigenvalue weighted by Gasteiger charge is 2.50. The van der Waals surface area contributed by atoms with Gasteiger partial charge in [-0.3, -0.25) is 14.9 Å². The molecule has 2 saturated heterocycles. The van der Waals surface area contributed by atoms with E-state index in [0.717, 1.165) is 11.1 Å². The van der Waals surface area contributed by atoms with Crippen molar-refractivity contribution in [1.29, 1.82) is 0 Å². The van der Waals surface area contributed by atoms with Gasteiger partial charge in [0.2, 0.25) is 0 Å². The molecular weight excluding hydrogens is 450 g/mol. The number of benzene rings is 1. The molecule has 10 heteroatoms. The Morgan fingerprint density at radius 3 is 2.43 bits per heavy atom. The Balaban J connectivity index is 1.55. The van der Waals surface area contributed by atoms with E-state index in [4.69, 9.17) is 0 Å². The lowest BCUT2D eigenvalue weighted by atomic mass is 9.79. The molecule has 0 bridgehead atoms. The summed E-state index contributed by atoms with van der Waals surface area (Å²) in [5.41, 5.74) is 1.58. The molecule has 2 aliphatic rings. The number of rotatable bonds is 6. The van der Waals surface area contributed by atoms with E-state index in [2.05, 4.69) is 20.9 Å². The van der Waals surface area contributed by atoms with Crippen LogP contribution in [0.15, 0.2) is 36.5 Å². The number of carboxylic acid groups (broad SMARTS) is 1. The second-order valence-electron chi connectivity index (χ2n) is 9.51. The maximum atomic E-state index is 13.3. The van der Waals surface area contributed by atoms with Gasteiger partial charge in [0.15, 0.2) is 0 Å². The molecule has 3 heterocycles. The van der Waals surface area contributed by atoms with Gasteiger partial charge in [-0.1, -0.05) is 32.0 Å². The number of aryl methyl sites for hydroxylation is 2. The molecule has 184 valence electrons. The smallest absolute Gasteiger partial charge is 0.326 e. The lowest BCUT2D eigenvalue weighted by Gasteiger charge is -2.31. The van der Waals surface area contributed by atoms with Crippen molar-refractivity contribution in [2.75, 3.05) is 11.9 Å². The second-order valence-corrected chi connectivity index (χ2v) is 9.51. The van der Waals surface area contributed by atoms with Crippen molar-refractivity contribution in [3.8, 4) is 0 Å². The standard InChI is InChI=1S/C25H29N5O5/c1-13(2)25(23(34)28-24(35)29-25)17-7-5-16(6-8-17)21(31)30-12-18(10-19(30)22(32)33)27-20-15(4)9-14(3)11-26-20/h5-9,11,13,18-19H,10,12H2,1-4H3,(H,26,27)(H,32,33)(H2,28,29,34,35)/t18-,19-,25+/m0/s1. The van der Waals surface area contributed by atoms with Crippen LogP contribution in [0, 0.1) is 19.8 Å². The summed E-state index contributed by atoms with van der Waals surface area (Å²) in [7, 11) is 0. The number of urea groups is 1. The Kier molecular flexibility index (Phi) is 6.23. The molecule has 1 aromatic heterocycles. The van der Waals surface area contributed by atoms with Gasteiger partial charge in [0.25, 0.3) is 11.8 Å². The van der Waals surface area contributed by atoms with Crippen LogP contribution in [0.3, 0.4) is 0 Å². The zero-order valence-electron chi connectivity index (χ0n) is 20.1. The highest BCUT2D eigenvalue weighted by Crippen LogP contribution is 2.33. The second kappa shape index (κ2) is 9.01. The van der Waals surface area contributed by atoms with E-state index < -0.39 is 35.4 Å². The Morgan fingerprint density at radius 1 is 1.20 bits per heavy atom. The summed E-state index contributed by atoms with van der Waals surface area (Å²) < 4.78 is 0. The molecule has 4 rings (SSSR count). The van der Waals surface area contributed by atoms with Crippen LogP contribution in [0.2, 0.25) is 0 Å². The zero-order chi connectivity index (χ0) is 25.5. The van der Waals surface area contributed by atoms with Gasteiger partial charge in [-0.25, -0.2) is 14.6 Å². The molecule has 0 unspecified atom stereocenters. The van der Waals surface area contributed by atoms with Crippen LogP contribution in [0.25, 0.3) is 0 Å². The number of hydrogen-bond donors (Lipinski definition) is 4. The van der Waals surface area contributed by atoms with Crippen molar-refractivity contribution in [1.82, 2.24) is 20.5 Å². The number of likely N-dealkylation sites (tertiary alicyclic amines) is 1. The molecule has 0 radical (unpaired) electrons. The highest BCUT2D eigenvalue weighted by molar-refractivity contribution is 6.07. The fourth-order valence-corrected chi connectivity index (χ4v) is 4.91. The number of nitrogens with zero attached hydrogens (tertiary/aromatic N) is 2. The Hall–Kier alpha value is -3.95. The minimum absolute atomic E-state index is 0.209. The first-order valence-corrected chi connectivity index (χ1v) is 11.5. The number of pyridine rings is 1. The normalized spacial score (nSPS) is 23.9. The van der Waals surface area contributed by atoms with Crippen molar-refractivity contribution in [3.63, 3.8) is 0 Å². The molecule has 2 aliphatic heterocycles. The van der Waals surface area contributed by atoms with Crippen LogP contribution in [-0.2, 0) is 15.1 Å². The highest BCUT2D eigenvalue weighted by atomic mass is 16.4. The van der Waals surface area contributed by atoms with Crippen molar-refractivity contribution in [2.24, 2.45) is 5.92 Å². The minimum atomic E-state index is -1.23. The maximum absolute atomic E-state index is 13.3. The number of aromatic nitrogens is 1. The zero-order valence-corrected chi connectivity index (χ0v) is 20.1. The summed E-state index contributed by atoms with van der Waals surface area (Å²) in [6.07, 6.45) is 1.98. The predicted molar refractivity (Wildman–Crippen MR) is 128 cm³/mol. The molecule has 2 aromatic rings.